The highest BCUT2D eigenvalue weighted by molar-refractivity contribution is 7.89. The molecule has 1 saturated carbocycles. The van der Waals surface area contributed by atoms with E-state index in [0.29, 0.717) is 12.8 Å². The van der Waals surface area contributed by atoms with Crippen LogP contribution in [-0.4, -0.2) is 42.8 Å². The van der Waals surface area contributed by atoms with Gasteiger partial charge in [0.15, 0.2) is 0 Å². The monoisotopic (exact) mass is 233 g/mol. The predicted octanol–water partition coefficient (Wildman–Crippen LogP) is 0.739. The second-order valence-electron chi connectivity index (χ2n) is 4.25. The van der Waals surface area contributed by atoms with Gasteiger partial charge in [-0.1, -0.05) is 18.9 Å². The van der Waals surface area contributed by atoms with E-state index in [2.05, 4.69) is 6.58 Å². The van der Waals surface area contributed by atoms with Crippen LogP contribution in [0, 0.1) is 0 Å². The van der Waals surface area contributed by atoms with Crippen LogP contribution in [0.1, 0.15) is 25.7 Å². The number of hydrogen-bond acceptors (Lipinski definition) is 3. The van der Waals surface area contributed by atoms with Crippen LogP contribution in [-0.2, 0) is 10.0 Å². The molecule has 0 aromatic carbocycles. The van der Waals surface area contributed by atoms with Gasteiger partial charge in [0.25, 0.3) is 0 Å². The van der Waals surface area contributed by atoms with E-state index < -0.39 is 15.6 Å². The van der Waals surface area contributed by atoms with E-state index >= 15 is 0 Å². The van der Waals surface area contributed by atoms with Gasteiger partial charge in [-0.15, -0.1) is 6.58 Å². The summed E-state index contributed by atoms with van der Waals surface area (Å²) in [4.78, 5) is 0. The first-order valence-electron chi connectivity index (χ1n) is 5.17. The first kappa shape index (κ1) is 12.7. The number of rotatable bonds is 5. The number of likely N-dealkylation sites (N-methyl/N-ethyl adjacent to an activating group) is 1. The summed E-state index contributed by atoms with van der Waals surface area (Å²) >= 11 is 0. The van der Waals surface area contributed by atoms with E-state index in [0.717, 1.165) is 12.8 Å². The van der Waals surface area contributed by atoms with E-state index in [4.69, 9.17) is 0 Å². The Labute approximate surface area is 91.6 Å². The third kappa shape index (κ3) is 3.29. The Morgan fingerprint density at radius 3 is 2.47 bits per heavy atom. The first-order valence-corrected chi connectivity index (χ1v) is 6.78. The maximum Gasteiger partial charge on any atom is 0.217 e. The van der Waals surface area contributed by atoms with Crippen molar-refractivity contribution in [3.8, 4) is 0 Å². The standard InChI is InChI=1S/C10H19NO3S/c1-3-8-15(13,14)11(2)9-10(12)6-4-5-7-10/h3,12H,1,4-9H2,2H3. The largest absolute Gasteiger partial charge is 0.389 e. The molecule has 1 aliphatic rings. The van der Waals surface area contributed by atoms with Gasteiger partial charge >= 0.3 is 0 Å². The molecule has 0 heterocycles. The summed E-state index contributed by atoms with van der Waals surface area (Å²) in [5, 5.41) is 10.1. The Hall–Kier alpha value is -0.390. The zero-order chi connectivity index (χ0) is 11.5. The van der Waals surface area contributed by atoms with Gasteiger partial charge in [-0.2, -0.15) is 0 Å². The van der Waals surface area contributed by atoms with E-state index in [1.165, 1.54) is 17.4 Å². The summed E-state index contributed by atoms with van der Waals surface area (Å²) in [7, 11) is -1.77. The Balaban J connectivity index is 2.62. The van der Waals surface area contributed by atoms with E-state index in [1.54, 1.807) is 0 Å². The number of hydrogen-bond donors (Lipinski definition) is 1. The molecule has 4 nitrogen and oxygen atoms in total. The highest BCUT2D eigenvalue weighted by Gasteiger charge is 2.34. The molecule has 5 heteroatoms. The van der Waals surface area contributed by atoms with Crippen molar-refractivity contribution in [1.29, 1.82) is 0 Å². The number of sulfonamides is 1. The van der Waals surface area contributed by atoms with Gasteiger partial charge in [0.2, 0.25) is 10.0 Å². The van der Waals surface area contributed by atoms with Crippen molar-refractivity contribution in [2.24, 2.45) is 0 Å². The quantitative estimate of drug-likeness (QED) is 0.713. The van der Waals surface area contributed by atoms with Crippen molar-refractivity contribution >= 4 is 10.0 Å². The molecular weight excluding hydrogens is 214 g/mol. The fourth-order valence-corrected chi connectivity index (χ4v) is 2.97. The minimum atomic E-state index is -3.28. The molecule has 1 aliphatic carbocycles. The lowest BCUT2D eigenvalue weighted by Gasteiger charge is -2.27. The lowest BCUT2D eigenvalue weighted by molar-refractivity contribution is 0.0334. The Kier molecular flexibility index (Phi) is 3.92. The molecule has 15 heavy (non-hydrogen) atoms. The zero-order valence-corrected chi connectivity index (χ0v) is 9.96. The second kappa shape index (κ2) is 4.63. The van der Waals surface area contributed by atoms with E-state index in [1.807, 2.05) is 0 Å². The molecule has 88 valence electrons. The van der Waals surface area contributed by atoms with Crippen LogP contribution in [0.5, 0.6) is 0 Å². The highest BCUT2D eigenvalue weighted by Crippen LogP contribution is 2.30. The Bertz CT molecular complexity index is 318. The van der Waals surface area contributed by atoms with Crippen LogP contribution in [0.15, 0.2) is 12.7 Å². The average molecular weight is 233 g/mol. The highest BCUT2D eigenvalue weighted by atomic mass is 32.2. The Morgan fingerprint density at radius 2 is 2.00 bits per heavy atom. The summed E-state index contributed by atoms with van der Waals surface area (Å²) < 4.78 is 24.4. The van der Waals surface area contributed by atoms with Crippen LogP contribution >= 0.6 is 0 Å². The molecule has 0 atom stereocenters. The molecular formula is C10H19NO3S. The number of nitrogens with zero attached hydrogens (tertiary/aromatic N) is 1. The molecule has 0 amide bonds. The summed E-state index contributed by atoms with van der Waals surface area (Å²) in [6.45, 7) is 3.61. The topological polar surface area (TPSA) is 57.6 Å². The van der Waals surface area contributed by atoms with Gasteiger partial charge in [0.05, 0.1) is 11.4 Å². The Morgan fingerprint density at radius 1 is 1.47 bits per heavy atom. The lowest BCUT2D eigenvalue weighted by Crippen LogP contribution is -2.42. The van der Waals surface area contributed by atoms with Gasteiger partial charge < -0.3 is 5.11 Å². The molecule has 1 fully saturated rings. The van der Waals surface area contributed by atoms with Gasteiger partial charge in [-0.3, -0.25) is 0 Å². The number of aliphatic hydroxyl groups is 1. The average Bonchev–Trinajstić information content (AvgIpc) is 2.51. The summed E-state index contributed by atoms with van der Waals surface area (Å²) in [5.41, 5.74) is -0.816. The summed E-state index contributed by atoms with van der Waals surface area (Å²) in [5.74, 6) is -0.0699. The predicted molar refractivity (Wildman–Crippen MR) is 60.0 cm³/mol. The first-order chi connectivity index (χ1) is 6.90. The normalized spacial score (nSPS) is 20.7. The maximum atomic E-state index is 11.6. The van der Waals surface area contributed by atoms with Crippen molar-refractivity contribution in [2.75, 3.05) is 19.3 Å². The van der Waals surface area contributed by atoms with Crippen molar-refractivity contribution in [1.82, 2.24) is 4.31 Å². The van der Waals surface area contributed by atoms with Gasteiger partial charge in [-0.05, 0) is 12.8 Å². The third-order valence-corrected chi connectivity index (χ3v) is 4.59. The van der Waals surface area contributed by atoms with Gasteiger partial charge in [0.1, 0.15) is 0 Å². The third-order valence-electron chi connectivity index (χ3n) is 2.85. The SMILES string of the molecule is C=CCS(=O)(=O)N(C)CC1(O)CCCC1. The van der Waals surface area contributed by atoms with Crippen molar-refractivity contribution < 1.29 is 13.5 Å². The second-order valence-corrected chi connectivity index (χ2v) is 6.38. The van der Waals surface area contributed by atoms with Crippen LogP contribution < -0.4 is 0 Å². The molecule has 1 rings (SSSR count). The molecule has 0 bridgehead atoms. The molecule has 0 unspecified atom stereocenters. The molecule has 0 aromatic rings. The smallest absolute Gasteiger partial charge is 0.217 e. The summed E-state index contributed by atoms with van der Waals surface area (Å²) in [6, 6.07) is 0. The van der Waals surface area contributed by atoms with E-state index in [-0.39, 0.29) is 12.3 Å². The van der Waals surface area contributed by atoms with Crippen molar-refractivity contribution in [2.45, 2.75) is 31.3 Å². The van der Waals surface area contributed by atoms with Crippen LogP contribution in [0.25, 0.3) is 0 Å². The maximum absolute atomic E-state index is 11.6. The lowest BCUT2D eigenvalue weighted by atomic mass is 10.0. The fourth-order valence-electron chi connectivity index (χ4n) is 1.98. The molecule has 0 saturated heterocycles. The van der Waals surface area contributed by atoms with Crippen molar-refractivity contribution in [3.05, 3.63) is 12.7 Å². The minimum Gasteiger partial charge on any atom is -0.389 e. The van der Waals surface area contributed by atoms with E-state index in [9.17, 15) is 13.5 Å². The molecule has 0 radical (unpaired) electrons. The molecule has 1 N–H and O–H groups in total. The van der Waals surface area contributed by atoms with Crippen LogP contribution in [0.3, 0.4) is 0 Å². The summed E-state index contributed by atoms with van der Waals surface area (Å²) in [6.07, 6.45) is 4.71. The zero-order valence-electron chi connectivity index (χ0n) is 9.15. The molecule has 0 spiro atoms. The van der Waals surface area contributed by atoms with Crippen molar-refractivity contribution in [3.63, 3.8) is 0 Å². The molecule has 0 aliphatic heterocycles. The minimum absolute atomic E-state index is 0.0699. The van der Waals surface area contributed by atoms with Gasteiger partial charge in [0, 0.05) is 13.6 Å². The molecule has 0 aromatic heterocycles. The van der Waals surface area contributed by atoms with Crippen LogP contribution in [0.2, 0.25) is 0 Å². The fraction of sp³-hybridized carbons (Fsp3) is 0.800. The van der Waals surface area contributed by atoms with Gasteiger partial charge in [-0.25, -0.2) is 12.7 Å². The van der Waals surface area contributed by atoms with Crippen LogP contribution in [0.4, 0.5) is 0 Å².